The first-order valence-electron chi connectivity index (χ1n) is 7.92. The molecular weight excluding hydrogens is 355 g/mol. The number of carbonyl (C=O) groups is 1. The first-order valence-corrected chi connectivity index (χ1v) is 8.74. The number of amides is 1. The maximum atomic E-state index is 13.4. The number of hydrogen-bond acceptors (Lipinski definition) is 5. The Morgan fingerprint density at radius 3 is 2.64 bits per heavy atom. The fourth-order valence-electron chi connectivity index (χ4n) is 3.16. The number of carbonyl (C=O) groups excluding carboxylic acids is 1. The molecule has 0 aliphatic heterocycles. The molecule has 0 saturated heterocycles. The number of nitrogens with two attached hydrogens (primary N) is 1. The zero-order chi connectivity index (χ0) is 18.2. The summed E-state index contributed by atoms with van der Waals surface area (Å²) in [6, 6.07) is 0. The zero-order valence-corrected chi connectivity index (χ0v) is 14.4. The molecule has 0 saturated carbocycles. The lowest BCUT2D eigenvalue weighted by Gasteiger charge is -2.21. The summed E-state index contributed by atoms with van der Waals surface area (Å²) in [7, 11) is 1.51. The molecule has 1 aliphatic carbocycles. The van der Waals surface area contributed by atoms with Gasteiger partial charge in [0.05, 0.1) is 12.3 Å². The number of hydrogen-bond donors (Lipinski definition) is 2. The van der Waals surface area contributed by atoms with Crippen molar-refractivity contribution in [1.29, 1.82) is 0 Å². The van der Waals surface area contributed by atoms with E-state index in [2.05, 4.69) is 10.3 Å². The van der Waals surface area contributed by atoms with Gasteiger partial charge in [-0.05, 0) is 36.8 Å². The van der Waals surface area contributed by atoms with Gasteiger partial charge >= 0.3 is 6.18 Å². The smallest absolute Gasteiger partial charge is 0.397 e. The molecular formula is C16H18F3N3O2S. The van der Waals surface area contributed by atoms with E-state index in [1.54, 1.807) is 0 Å². The van der Waals surface area contributed by atoms with Crippen molar-refractivity contribution in [2.24, 2.45) is 0 Å². The van der Waals surface area contributed by atoms with Gasteiger partial charge in [-0.1, -0.05) is 0 Å². The van der Waals surface area contributed by atoms with E-state index >= 15 is 0 Å². The molecule has 1 amide bonds. The molecule has 0 aromatic carbocycles. The number of rotatable bonds is 4. The van der Waals surface area contributed by atoms with Crippen molar-refractivity contribution in [2.75, 3.05) is 26.0 Å². The van der Waals surface area contributed by atoms with Gasteiger partial charge in [-0.15, -0.1) is 11.3 Å². The van der Waals surface area contributed by atoms with E-state index in [9.17, 15) is 18.0 Å². The molecule has 25 heavy (non-hydrogen) atoms. The van der Waals surface area contributed by atoms with E-state index < -0.39 is 17.8 Å². The molecule has 0 atom stereocenters. The molecule has 2 aromatic rings. The Morgan fingerprint density at radius 2 is 2.00 bits per heavy atom. The van der Waals surface area contributed by atoms with Crippen LogP contribution in [0.3, 0.4) is 0 Å². The van der Waals surface area contributed by atoms with Crippen LogP contribution in [0.2, 0.25) is 0 Å². The number of nitrogens with one attached hydrogen (secondary N) is 1. The standard InChI is InChI=1S/C16H18F3N3O2S/c1-24-7-6-21-14(23)12-11(20)10-8-4-2-3-5-9(8)13(16(17,18)19)22-15(10)25-12/h2-7,20H2,1H3,(H,21,23). The van der Waals surface area contributed by atoms with Crippen LogP contribution >= 0.6 is 11.3 Å². The zero-order valence-electron chi connectivity index (χ0n) is 13.6. The second kappa shape index (κ2) is 6.80. The van der Waals surface area contributed by atoms with Gasteiger partial charge in [0.25, 0.3) is 5.91 Å². The Hall–Kier alpha value is -1.87. The first-order chi connectivity index (χ1) is 11.8. The maximum Gasteiger partial charge on any atom is 0.433 e. The molecule has 3 N–H and O–H groups in total. The Balaban J connectivity index is 2.12. The number of fused-ring (bicyclic) bond motifs is 3. The number of alkyl halides is 3. The average Bonchev–Trinajstić information content (AvgIpc) is 2.90. The van der Waals surface area contributed by atoms with Crippen molar-refractivity contribution in [3.63, 3.8) is 0 Å². The van der Waals surface area contributed by atoms with Crippen LogP contribution in [0.15, 0.2) is 0 Å². The van der Waals surface area contributed by atoms with Gasteiger partial charge in [-0.3, -0.25) is 4.79 Å². The lowest BCUT2D eigenvalue weighted by molar-refractivity contribution is -0.141. The van der Waals surface area contributed by atoms with Gasteiger partial charge < -0.3 is 15.8 Å². The third-order valence-electron chi connectivity index (χ3n) is 4.26. The highest BCUT2D eigenvalue weighted by Crippen LogP contribution is 2.43. The van der Waals surface area contributed by atoms with Gasteiger partial charge in [0, 0.05) is 19.0 Å². The molecule has 2 aromatic heterocycles. The predicted molar refractivity (Wildman–Crippen MR) is 89.9 cm³/mol. The Labute approximate surface area is 146 Å². The minimum Gasteiger partial charge on any atom is -0.397 e. The molecule has 0 unspecified atom stereocenters. The molecule has 1 aliphatic rings. The monoisotopic (exact) mass is 373 g/mol. The summed E-state index contributed by atoms with van der Waals surface area (Å²) in [6.07, 6.45) is -2.18. The van der Waals surface area contributed by atoms with E-state index in [0.717, 1.165) is 17.8 Å². The fraction of sp³-hybridized carbons (Fsp3) is 0.500. The molecule has 136 valence electrons. The van der Waals surface area contributed by atoms with Crippen LogP contribution < -0.4 is 11.1 Å². The normalized spacial score (nSPS) is 14.6. The van der Waals surface area contributed by atoms with E-state index in [1.807, 2.05) is 0 Å². The summed E-state index contributed by atoms with van der Waals surface area (Å²) in [5.41, 5.74) is 6.31. The minimum absolute atomic E-state index is 0.169. The van der Waals surface area contributed by atoms with Crippen LogP contribution in [0.5, 0.6) is 0 Å². The number of nitrogen functional groups attached to an aromatic ring is 1. The number of methoxy groups -OCH3 is 1. The molecule has 0 bridgehead atoms. The van der Waals surface area contributed by atoms with Crippen molar-refractivity contribution < 1.29 is 22.7 Å². The van der Waals surface area contributed by atoms with Crippen molar-refractivity contribution in [3.8, 4) is 0 Å². The van der Waals surface area contributed by atoms with Crippen LogP contribution in [-0.4, -0.2) is 31.2 Å². The Kier molecular flexibility index (Phi) is 4.88. The van der Waals surface area contributed by atoms with Crippen molar-refractivity contribution in [1.82, 2.24) is 10.3 Å². The second-order valence-corrected chi connectivity index (χ2v) is 6.90. The summed E-state index contributed by atoms with van der Waals surface area (Å²) in [5.74, 6) is -0.421. The van der Waals surface area contributed by atoms with Crippen LogP contribution in [0.1, 0.15) is 39.3 Å². The molecule has 3 rings (SSSR count). The highest BCUT2D eigenvalue weighted by atomic mass is 32.1. The molecule has 0 spiro atoms. The van der Waals surface area contributed by atoms with E-state index in [0.29, 0.717) is 43.4 Å². The maximum absolute atomic E-state index is 13.4. The van der Waals surface area contributed by atoms with E-state index in [-0.39, 0.29) is 21.0 Å². The topological polar surface area (TPSA) is 77.2 Å². The van der Waals surface area contributed by atoms with Crippen LogP contribution in [-0.2, 0) is 23.8 Å². The summed E-state index contributed by atoms with van der Waals surface area (Å²) in [5, 5.41) is 3.15. The van der Waals surface area contributed by atoms with E-state index in [1.165, 1.54) is 7.11 Å². The first kappa shape index (κ1) is 17.9. The highest BCUT2D eigenvalue weighted by molar-refractivity contribution is 7.21. The van der Waals surface area contributed by atoms with Gasteiger partial charge in [-0.25, -0.2) is 4.98 Å². The van der Waals surface area contributed by atoms with Gasteiger partial charge in [0.15, 0.2) is 0 Å². The lowest BCUT2D eigenvalue weighted by Crippen LogP contribution is -2.26. The average molecular weight is 373 g/mol. The van der Waals surface area contributed by atoms with Gasteiger partial charge in [-0.2, -0.15) is 13.2 Å². The predicted octanol–water partition coefficient (Wildman–Crippen LogP) is 3.15. The van der Waals surface area contributed by atoms with Gasteiger partial charge in [0.1, 0.15) is 15.4 Å². The third-order valence-corrected chi connectivity index (χ3v) is 5.36. The van der Waals surface area contributed by atoms with Crippen LogP contribution in [0.4, 0.5) is 18.9 Å². The molecule has 9 heteroatoms. The number of halogens is 3. The van der Waals surface area contributed by atoms with Crippen LogP contribution in [0.25, 0.3) is 10.2 Å². The summed E-state index contributed by atoms with van der Waals surface area (Å²) in [6.45, 7) is 0.630. The molecule has 5 nitrogen and oxygen atoms in total. The summed E-state index contributed by atoms with van der Waals surface area (Å²) >= 11 is 0.904. The SMILES string of the molecule is COCCNC(=O)c1sc2nc(C(F)(F)F)c3c(c2c1N)CCCC3. The number of nitrogens with zero attached hydrogens (tertiary/aromatic N) is 1. The number of ether oxygens (including phenoxy) is 1. The number of anilines is 1. The number of aryl methyl sites for hydroxylation is 1. The molecule has 2 heterocycles. The highest BCUT2D eigenvalue weighted by Gasteiger charge is 2.38. The molecule has 0 radical (unpaired) electrons. The van der Waals surface area contributed by atoms with Crippen molar-refractivity contribution in [2.45, 2.75) is 31.9 Å². The summed E-state index contributed by atoms with van der Waals surface area (Å²) in [4.78, 5) is 16.5. The number of pyridine rings is 1. The van der Waals surface area contributed by atoms with Gasteiger partial charge in [0.2, 0.25) is 0 Å². The van der Waals surface area contributed by atoms with E-state index in [4.69, 9.17) is 10.5 Å². The van der Waals surface area contributed by atoms with Crippen molar-refractivity contribution >= 4 is 33.1 Å². The second-order valence-electron chi connectivity index (χ2n) is 5.90. The fourth-order valence-corrected chi connectivity index (χ4v) is 4.21. The summed E-state index contributed by atoms with van der Waals surface area (Å²) < 4.78 is 45.0. The largest absolute Gasteiger partial charge is 0.433 e. The van der Waals surface area contributed by atoms with Crippen LogP contribution in [0, 0.1) is 0 Å². The Morgan fingerprint density at radius 1 is 1.32 bits per heavy atom. The number of aromatic nitrogens is 1. The van der Waals surface area contributed by atoms with Crippen molar-refractivity contribution in [3.05, 3.63) is 21.7 Å². The number of thiophene rings is 1. The minimum atomic E-state index is -4.52. The third kappa shape index (κ3) is 3.30. The lowest BCUT2D eigenvalue weighted by atomic mass is 9.88. The quantitative estimate of drug-likeness (QED) is 0.807. The Bertz CT molecular complexity index is 817. The molecule has 0 fully saturated rings.